The molecular weight excluding hydrogens is 260 g/mol. The molecule has 0 saturated heterocycles. The van der Waals surface area contributed by atoms with Gasteiger partial charge in [-0.05, 0) is 12.5 Å². The minimum Gasteiger partial charge on any atom is -0.467 e. The Balaban J connectivity index is 2.33. The normalized spacial score (nSPS) is 20.8. The molecule has 0 bridgehead atoms. The fourth-order valence-electron chi connectivity index (χ4n) is 2.15. The van der Waals surface area contributed by atoms with Gasteiger partial charge in [0.15, 0.2) is 11.8 Å². The van der Waals surface area contributed by atoms with Gasteiger partial charge >= 0.3 is 11.9 Å². The Labute approximate surface area is 116 Å². The van der Waals surface area contributed by atoms with Gasteiger partial charge < -0.3 is 9.47 Å². The molecule has 20 heavy (non-hydrogen) atoms. The number of hydrogen-bond acceptors (Lipinski definition) is 6. The van der Waals surface area contributed by atoms with Crippen LogP contribution in [-0.2, 0) is 19.1 Å². The van der Waals surface area contributed by atoms with Crippen LogP contribution in [0, 0.1) is 0 Å². The number of esters is 2. The van der Waals surface area contributed by atoms with Gasteiger partial charge in [-0.25, -0.2) is 9.59 Å². The lowest BCUT2D eigenvalue weighted by Crippen LogP contribution is -2.38. The number of hydrazone groups is 1. The molecule has 0 aliphatic carbocycles. The van der Waals surface area contributed by atoms with Crippen LogP contribution in [0.1, 0.15) is 18.4 Å². The SMILES string of the molecule is CCOC(=O)C1=NN[C@@H](C(=O)OC)[C@@H]1c1ccccc1. The van der Waals surface area contributed by atoms with Crippen molar-refractivity contribution in [1.82, 2.24) is 5.43 Å². The number of methoxy groups -OCH3 is 1. The molecule has 1 aromatic carbocycles. The van der Waals surface area contributed by atoms with Crippen LogP contribution in [0.5, 0.6) is 0 Å². The third kappa shape index (κ3) is 2.64. The summed E-state index contributed by atoms with van der Waals surface area (Å²) >= 11 is 0. The molecule has 0 amide bonds. The summed E-state index contributed by atoms with van der Waals surface area (Å²) in [4.78, 5) is 23.8. The largest absolute Gasteiger partial charge is 0.467 e. The highest BCUT2D eigenvalue weighted by molar-refractivity contribution is 6.39. The lowest BCUT2D eigenvalue weighted by molar-refractivity contribution is -0.143. The summed E-state index contributed by atoms with van der Waals surface area (Å²) in [7, 11) is 1.30. The van der Waals surface area contributed by atoms with Crippen LogP contribution in [0.15, 0.2) is 35.4 Å². The van der Waals surface area contributed by atoms with E-state index in [4.69, 9.17) is 9.47 Å². The minimum atomic E-state index is -0.721. The minimum absolute atomic E-state index is 0.188. The van der Waals surface area contributed by atoms with Crippen LogP contribution < -0.4 is 5.43 Å². The number of carbonyl (C=O) groups is 2. The molecule has 0 saturated carbocycles. The number of rotatable bonds is 4. The molecule has 0 fully saturated rings. The highest BCUT2D eigenvalue weighted by atomic mass is 16.5. The summed E-state index contributed by atoms with van der Waals surface area (Å²) in [5.74, 6) is -1.51. The van der Waals surface area contributed by atoms with Gasteiger partial charge in [0, 0.05) is 0 Å². The predicted octanol–water partition coefficient (Wildman–Crippen LogP) is 0.834. The number of benzene rings is 1. The van der Waals surface area contributed by atoms with Crippen LogP contribution >= 0.6 is 0 Å². The molecule has 1 heterocycles. The number of nitrogens with one attached hydrogen (secondary N) is 1. The third-order valence-corrected chi connectivity index (χ3v) is 3.05. The van der Waals surface area contributed by atoms with E-state index >= 15 is 0 Å². The van der Waals surface area contributed by atoms with Crippen LogP contribution in [0.2, 0.25) is 0 Å². The van der Waals surface area contributed by atoms with Crippen molar-refractivity contribution in [3.63, 3.8) is 0 Å². The monoisotopic (exact) mass is 276 g/mol. The van der Waals surface area contributed by atoms with Crippen molar-refractivity contribution in [3.8, 4) is 0 Å². The maximum atomic E-state index is 11.9. The molecule has 1 N–H and O–H groups in total. The Morgan fingerprint density at radius 1 is 1.30 bits per heavy atom. The molecule has 0 aromatic heterocycles. The summed E-state index contributed by atoms with van der Waals surface area (Å²) < 4.78 is 9.72. The molecule has 1 aliphatic heterocycles. The highest BCUT2D eigenvalue weighted by Gasteiger charge is 2.42. The van der Waals surface area contributed by atoms with E-state index in [-0.39, 0.29) is 12.3 Å². The van der Waals surface area contributed by atoms with Crippen molar-refractivity contribution >= 4 is 17.7 Å². The first-order valence-electron chi connectivity index (χ1n) is 6.32. The van der Waals surface area contributed by atoms with Crippen molar-refractivity contribution < 1.29 is 19.1 Å². The predicted molar refractivity (Wildman–Crippen MR) is 72.2 cm³/mol. The Hall–Kier alpha value is -2.37. The van der Waals surface area contributed by atoms with E-state index in [0.29, 0.717) is 0 Å². The second-order valence-electron chi connectivity index (χ2n) is 4.24. The number of nitrogens with zero attached hydrogens (tertiary/aromatic N) is 1. The summed E-state index contributed by atoms with van der Waals surface area (Å²) in [6.07, 6.45) is 0. The maximum absolute atomic E-state index is 11.9. The zero-order valence-corrected chi connectivity index (χ0v) is 11.3. The van der Waals surface area contributed by atoms with Gasteiger partial charge in [0.1, 0.15) is 0 Å². The maximum Gasteiger partial charge on any atom is 0.355 e. The first-order valence-corrected chi connectivity index (χ1v) is 6.32. The van der Waals surface area contributed by atoms with Crippen LogP contribution in [0.25, 0.3) is 0 Å². The molecule has 6 nitrogen and oxygen atoms in total. The summed E-state index contributed by atoms with van der Waals surface area (Å²) in [5, 5.41) is 3.95. The standard InChI is InChI=1S/C14H16N2O4/c1-3-20-14(18)12-10(9-7-5-4-6-8-9)11(15-16-12)13(17)19-2/h4-8,10-11,15H,3H2,1-2H3/t10-,11+/m0/s1. The Bertz CT molecular complexity index is 527. The molecule has 2 atom stereocenters. The quantitative estimate of drug-likeness (QED) is 0.824. The van der Waals surface area contributed by atoms with Crippen LogP contribution in [0.3, 0.4) is 0 Å². The number of hydrogen-bond donors (Lipinski definition) is 1. The molecule has 6 heteroatoms. The van der Waals surface area contributed by atoms with Crippen LogP contribution in [0.4, 0.5) is 0 Å². The summed E-state index contributed by atoms with van der Waals surface area (Å²) in [5.41, 5.74) is 3.65. The van der Waals surface area contributed by atoms with Gasteiger partial charge in [0.2, 0.25) is 0 Å². The van der Waals surface area contributed by atoms with Crippen molar-refractivity contribution in [2.24, 2.45) is 5.10 Å². The smallest absolute Gasteiger partial charge is 0.355 e. The van der Waals surface area contributed by atoms with E-state index in [1.165, 1.54) is 7.11 Å². The molecule has 1 aromatic rings. The van der Waals surface area contributed by atoms with Crippen molar-refractivity contribution in [2.75, 3.05) is 13.7 Å². The van der Waals surface area contributed by atoms with E-state index in [1.54, 1.807) is 6.92 Å². The van der Waals surface area contributed by atoms with E-state index in [9.17, 15) is 9.59 Å². The van der Waals surface area contributed by atoms with E-state index in [1.807, 2.05) is 30.3 Å². The molecule has 0 spiro atoms. The zero-order valence-electron chi connectivity index (χ0n) is 11.3. The zero-order chi connectivity index (χ0) is 14.5. The highest BCUT2D eigenvalue weighted by Crippen LogP contribution is 2.27. The average molecular weight is 276 g/mol. The number of ether oxygens (including phenoxy) is 2. The lowest BCUT2D eigenvalue weighted by atomic mass is 9.88. The molecule has 0 radical (unpaired) electrons. The molecule has 2 rings (SSSR count). The van der Waals surface area contributed by atoms with Gasteiger partial charge in [0.25, 0.3) is 0 Å². The topological polar surface area (TPSA) is 77.0 Å². The molecule has 1 aliphatic rings. The molecule has 106 valence electrons. The van der Waals surface area contributed by atoms with Gasteiger partial charge in [-0.15, -0.1) is 0 Å². The fourth-order valence-corrected chi connectivity index (χ4v) is 2.15. The van der Waals surface area contributed by atoms with Gasteiger partial charge in [0.05, 0.1) is 19.6 Å². The molecular formula is C14H16N2O4. The van der Waals surface area contributed by atoms with Crippen molar-refractivity contribution in [2.45, 2.75) is 18.9 Å². The van der Waals surface area contributed by atoms with Crippen molar-refractivity contribution in [3.05, 3.63) is 35.9 Å². The summed E-state index contributed by atoms with van der Waals surface area (Å²) in [6.45, 7) is 1.97. The van der Waals surface area contributed by atoms with E-state index in [0.717, 1.165) is 5.56 Å². The number of carbonyl (C=O) groups excluding carboxylic acids is 2. The summed E-state index contributed by atoms with van der Waals surface area (Å²) in [6, 6.07) is 8.49. The van der Waals surface area contributed by atoms with Crippen LogP contribution in [-0.4, -0.2) is 37.4 Å². The third-order valence-electron chi connectivity index (χ3n) is 3.05. The van der Waals surface area contributed by atoms with Crippen molar-refractivity contribution in [1.29, 1.82) is 0 Å². The second-order valence-corrected chi connectivity index (χ2v) is 4.24. The Kier molecular flexibility index (Phi) is 4.34. The Morgan fingerprint density at radius 2 is 2.00 bits per heavy atom. The van der Waals surface area contributed by atoms with Gasteiger partial charge in [-0.2, -0.15) is 5.10 Å². The second kappa shape index (κ2) is 6.18. The lowest BCUT2D eigenvalue weighted by Gasteiger charge is -2.18. The van der Waals surface area contributed by atoms with Gasteiger partial charge in [-0.1, -0.05) is 30.3 Å². The average Bonchev–Trinajstić information content (AvgIpc) is 2.92. The fraction of sp³-hybridized carbons (Fsp3) is 0.357. The van der Waals surface area contributed by atoms with E-state index < -0.39 is 23.9 Å². The van der Waals surface area contributed by atoms with E-state index in [2.05, 4.69) is 10.5 Å². The Morgan fingerprint density at radius 3 is 2.60 bits per heavy atom. The molecule has 0 unspecified atom stereocenters. The first-order chi connectivity index (χ1) is 9.69. The van der Waals surface area contributed by atoms with Gasteiger partial charge in [-0.3, -0.25) is 5.43 Å². The first kappa shape index (κ1) is 14.0.